The second-order valence-electron chi connectivity index (χ2n) is 13.8. The summed E-state index contributed by atoms with van der Waals surface area (Å²) in [6.45, 7) is 2.59. The van der Waals surface area contributed by atoms with Gasteiger partial charge in [-0.05, 0) is 89.9 Å². The molecule has 0 aromatic heterocycles. The topological polar surface area (TPSA) is 172 Å². The highest BCUT2D eigenvalue weighted by atomic mass is 31.2. The van der Waals surface area contributed by atoms with Crippen molar-refractivity contribution in [2.45, 2.75) is 154 Å². The van der Waals surface area contributed by atoms with E-state index in [1.54, 1.807) is 0 Å². The minimum atomic E-state index is -4.74. The molecule has 0 heterocycles. The average Bonchev–Trinajstić information content (AvgIpc) is 3.20. The minimum Gasteiger partial charge on any atom is -0.480 e. The van der Waals surface area contributed by atoms with Crippen molar-refractivity contribution in [3.8, 4) is 0 Å². The van der Waals surface area contributed by atoms with Gasteiger partial charge < -0.3 is 25.2 Å². The molecule has 0 saturated carbocycles. The zero-order chi connectivity index (χ0) is 42.8. The number of allylic oxidation sites excluding steroid dienone is 16. The highest BCUT2D eigenvalue weighted by Crippen LogP contribution is 2.43. The fourth-order valence-electron chi connectivity index (χ4n) is 4.93. The lowest BCUT2D eigenvalue weighted by Crippen LogP contribution is -2.34. The van der Waals surface area contributed by atoms with E-state index in [1.807, 2.05) is 12.2 Å². The van der Waals surface area contributed by atoms with Crippen LogP contribution in [0.15, 0.2) is 97.2 Å². The number of carboxylic acid groups (broad SMARTS) is 1. The fraction of sp³-hybridized carbons (Fsp3) is 0.587. The maximum atomic E-state index is 12.6. The second-order valence-corrected chi connectivity index (χ2v) is 15.2. The first-order chi connectivity index (χ1) is 28.1. The Morgan fingerprint density at radius 3 is 1.45 bits per heavy atom. The zero-order valence-corrected chi connectivity index (χ0v) is 36.2. The van der Waals surface area contributed by atoms with Gasteiger partial charge in [0.2, 0.25) is 0 Å². The van der Waals surface area contributed by atoms with Crippen LogP contribution in [-0.4, -0.2) is 59.9 Å². The molecule has 3 atom stereocenters. The monoisotopic (exact) mass is 832 g/mol. The third kappa shape index (κ3) is 39.2. The number of esters is 2. The van der Waals surface area contributed by atoms with Crippen LogP contribution < -0.4 is 5.73 Å². The van der Waals surface area contributed by atoms with Gasteiger partial charge in [-0.3, -0.25) is 23.4 Å². The van der Waals surface area contributed by atoms with Crippen LogP contribution in [-0.2, 0) is 37.5 Å². The van der Waals surface area contributed by atoms with Gasteiger partial charge in [-0.2, -0.15) is 0 Å². The van der Waals surface area contributed by atoms with E-state index in [9.17, 15) is 23.8 Å². The Balaban J connectivity index is 4.56. The van der Waals surface area contributed by atoms with Gasteiger partial charge >= 0.3 is 25.7 Å². The molecule has 12 heteroatoms. The van der Waals surface area contributed by atoms with E-state index in [0.29, 0.717) is 19.3 Å². The van der Waals surface area contributed by atoms with Gasteiger partial charge in [0.05, 0.1) is 13.2 Å². The third-order valence-corrected chi connectivity index (χ3v) is 9.24. The van der Waals surface area contributed by atoms with Crippen LogP contribution >= 0.6 is 7.82 Å². The fourth-order valence-corrected chi connectivity index (χ4v) is 5.71. The van der Waals surface area contributed by atoms with Gasteiger partial charge in [-0.1, -0.05) is 137 Å². The van der Waals surface area contributed by atoms with Gasteiger partial charge in [-0.25, -0.2) is 4.57 Å². The molecule has 0 amide bonds. The maximum Gasteiger partial charge on any atom is 0.472 e. The molecule has 0 aliphatic rings. The van der Waals surface area contributed by atoms with E-state index in [-0.39, 0.29) is 12.8 Å². The van der Waals surface area contributed by atoms with Crippen LogP contribution in [0.1, 0.15) is 142 Å². The SMILES string of the molecule is CCC/C=C/C/C=C/C/C=C/C/C=C/CCCCCC(=O)O[C@H](COC(=O)CCC/C=C/C/C=C/C/C=C/C/C=C/CCCCC)COP(=O)(O)OC[C@H](N)C(=O)O. The normalized spacial score (nSPS) is 14.7. The van der Waals surface area contributed by atoms with Crippen LogP contribution in [0.3, 0.4) is 0 Å². The number of phosphoric ester groups is 1. The summed E-state index contributed by atoms with van der Waals surface area (Å²) in [6.07, 6.45) is 50.5. The summed E-state index contributed by atoms with van der Waals surface area (Å²) >= 11 is 0. The molecule has 0 aromatic carbocycles. The van der Waals surface area contributed by atoms with E-state index in [4.69, 9.17) is 24.8 Å². The molecule has 1 unspecified atom stereocenters. The molecule has 0 aliphatic heterocycles. The number of ether oxygens (including phenoxy) is 2. The van der Waals surface area contributed by atoms with Crippen LogP contribution in [0.4, 0.5) is 0 Å². The smallest absolute Gasteiger partial charge is 0.472 e. The Morgan fingerprint density at radius 1 is 0.534 bits per heavy atom. The van der Waals surface area contributed by atoms with Crippen LogP contribution in [0.25, 0.3) is 0 Å². The average molecular weight is 832 g/mol. The van der Waals surface area contributed by atoms with Crippen molar-refractivity contribution in [3.63, 3.8) is 0 Å². The lowest BCUT2D eigenvalue weighted by Gasteiger charge is -2.20. The molecule has 0 saturated heterocycles. The van der Waals surface area contributed by atoms with Crippen molar-refractivity contribution in [2.75, 3.05) is 19.8 Å². The lowest BCUT2D eigenvalue weighted by molar-refractivity contribution is -0.161. The van der Waals surface area contributed by atoms with E-state index < -0.39 is 57.7 Å². The Morgan fingerprint density at radius 2 is 0.966 bits per heavy atom. The summed E-state index contributed by atoms with van der Waals surface area (Å²) in [6, 6.07) is -1.54. The lowest BCUT2D eigenvalue weighted by atomic mass is 10.1. The predicted octanol–water partition coefficient (Wildman–Crippen LogP) is 11.3. The number of unbranched alkanes of at least 4 members (excludes halogenated alkanes) is 8. The molecule has 4 N–H and O–H groups in total. The molecule has 0 radical (unpaired) electrons. The Labute approximate surface area is 349 Å². The summed E-state index contributed by atoms with van der Waals surface area (Å²) in [4.78, 5) is 45.9. The van der Waals surface area contributed by atoms with Gasteiger partial charge in [0.25, 0.3) is 0 Å². The number of rotatable bonds is 38. The molecule has 328 valence electrons. The van der Waals surface area contributed by atoms with Gasteiger partial charge in [-0.15, -0.1) is 0 Å². The first-order valence-corrected chi connectivity index (χ1v) is 22.8. The second kappa shape index (κ2) is 40.2. The molecule has 0 aliphatic carbocycles. The molecule has 0 rings (SSSR count). The van der Waals surface area contributed by atoms with Crippen LogP contribution in [0.2, 0.25) is 0 Å². The van der Waals surface area contributed by atoms with Crippen molar-refractivity contribution in [3.05, 3.63) is 97.2 Å². The molecular formula is C46H74NO10P. The standard InChI is InChI=1S/C46H74NO10P/c1-3-5-7-9-11-13-15-17-19-21-23-25-27-29-31-33-35-37-44(48)54-39-42(40-55-58(52,53)56-41-43(47)46(50)51)57-45(49)38-36-34-32-30-28-26-24-22-20-18-16-14-12-10-8-6-4-2/h8,10-11,13-14,16-17,19-20,22-23,25-26,28-29,31,42-43H,3-7,9,12,15,18,21,24,27,30,32-41,47H2,1-2H3,(H,50,51)(H,52,53)/b10-8+,13-11+,16-14+,19-17+,22-20+,25-23+,28-26+,31-29+/t42-,43+/m1/s1. The van der Waals surface area contributed by atoms with E-state index in [0.717, 1.165) is 70.6 Å². The molecule has 0 spiro atoms. The highest BCUT2D eigenvalue weighted by Gasteiger charge is 2.28. The third-order valence-electron chi connectivity index (χ3n) is 8.29. The van der Waals surface area contributed by atoms with Gasteiger partial charge in [0, 0.05) is 12.8 Å². The molecule has 11 nitrogen and oxygen atoms in total. The minimum absolute atomic E-state index is 0.106. The van der Waals surface area contributed by atoms with Crippen molar-refractivity contribution >= 4 is 25.7 Å². The van der Waals surface area contributed by atoms with E-state index in [2.05, 4.69) is 103 Å². The highest BCUT2D eigenvalue weighted by molar-refractivity contribution is 7.47. The zero-order valence-electron chi connectivity index (χ0n) is 35.3. The van der Waals surface area contributed by atoms with Gasteiger partial charge in [0.15, 0.2) is 6.10 Å². The van der Waals surface area contributed by atoms with Crippen molar-refractivity contribution < 1.29 is 47.5 Å². The Bertz CT molecular complexity index is 1350. The molecular weight excluding hydrogens is 757 g/mol. The van der Waals surface area contributed by atoms with Crippen molar-refractivity contribution in [1.82, 2.24) is 0 Å². The summed E-state index contributed by atoms with van der Waals surface area (Å²) in [5.74, 6) is -2.51. The Kier molecular flexibility index (Phi) is 37.7. The largest absolute Gasteiger partial charge is 0.480 e. The molecule has 0 bridgehead atoms. The van der Waals surface area contributed by atoms with Crippen LogP contribution in [0.5, 0.6) is 0 Å². The maximum absolute atomic E-state index is 12.6. The molecule has 58 heavy (non-hydrogen) atoms. The van der Waals surface area contributed by atoms with Crippen molar-refractivity contribution in [1.29, 1.82) is 0 Å². The van der Waals surface area contributed by atoms with Gasteiger partial charge in [0.1, 0.15) is 12.6 Å². The number of phosphoric acid groups is 1. The first kappa shape index (κ1) is 54.4. The summed E-state index contributed by atoms with van der Waals surface area (Å²) < 4.78 is 32.6. The predicted molar refractivity (Wildman–Crippen MR) is 235 cm³/mol. The number of hydrogen-bond acceptors (Lipinski definition) is 9. The summed E-state index contributed by atoms with van der Waals surface area (Å²) in [5.41, 5.74) is 5.32. The summed E-state index contributed by atoms with van der Waals surface area (Å²) in [7, 11) is -4.74. The number of carbonyl (C=O) groups excluding carboxylic acids is 2. The van der Waals surface area contributed by atoms with Crippen molar-refractivity contribution in [2.24, 2.45) is 5.73 Å². The number of carbonyl (C=O) groups is 3. The number of hydrogen-bond donors (Lipinski definition) is 3. The number of carboxylic acids is 1. The summed E-state index contributed by atoms with van der Waals surface area (Å²) in [5, 5.41) is 8.88. The van der Waals surface area contributed by atoms with E-state index in [1.165, 1.54) is 25.7 Å². The number of nitrogens with two attached hydrogens (primary N) is 1. The first-order valence-electron chi connectivity index (χ1n) is 21.3. The quantitative estimate of drug-likeness (QED) is 0.0234. The molecule has 0 fully saturated rings. The van der Waals surface area contributed by atoms with E-state index >= 15 is 0 Å². The molecule has 0 aromatic rings. The number of aliphatic carboxylic acids is 1. The Hall–Kier alpha value is -3.60. The van der Waals surface area contributed by atoms with Crippen LogP contribution in [0, 0.1) is 0 Å².